The topological polar surface area (TPSA) is 132 Å². The Kier molecular flexibility index (Phi) is 7.14. The lowest BCUT2D eigenvalue weighted by Crippen LogP contribution is -2.68. The van der Waals surface area contributed by atoms with Crippen molar-refractivity contribution in [3.8, 4) is 0 Å². The molecule has 1 aromatic heterocycles. The maximum Gasteiger partial charge on any atom is 0.266 e. The quantitative estimate of drug-likeness (QED) is 0.489. The summed E-state index contributed by atoms with van der Waals surface area (Å²) in [5, 5.41) is 2.82. The van der Waals surface area contributed by atoms with Crippen LogP contribution in [0, 0.1) is 11.8 Å². The Bertz CT molecular complexity index is 1120. The molecule has 2 fully saturated rings. The Labute approximate surface area is 201 Å². The van der Waals surface area contributed by atoms with Crippen LogP contribution < -0.4 is 11.1 Å². The maximum absolute atomic E-state index is 14.0. The van der Waals surface area contributed by atoms with Crippen LogP contribution >= 0.6 is 0 Å². The molecule has 1 amide bonds. The average molecular weight is 490 g/mol. The second-order valence-electron chi connectivity index (χ2n) is 9.93. The van der Waals surface area contributed by atoms with E-state index in [1.54, 1.807) is 24.3 Å². The van der Waals surface area contributed by atoms with E-state index >= 15 is 0 Å². The minimum Gasteiger partial charge on any atom is -0.434 e. The molecule has 4 rings (SSSR count). The number of carbonyl (C=O) groups excluding carboxylic acids is 2. The van der Waals surface area contributed by atoms with Crippen LogP contribution in [0.3, 0.4) is 0 Å². The third kappa shape index (κ3) is 4.52. The van der Waals surface area contributed by atoms with E-state index < -0.39 is 38.4 Å². The van der Waals surface area contributed by atoms with Crippen molar-refractivity contribution in [2.75, 3.05) is 6.26 Å². The van der Waals surface area contributed by atoms with E-state index in [0.29, 0.717) is 36.8 Å². The van der Waals surface area contributed by atoms with Gasteiger partial charge < -0.3 is 15.5 Å². The fourth-order valence-corrected chi connectivity index (χ4v) is 7.54. The van der Waals surface area contributed by atoms with Gasteiger partial charge in [-0.25, -0.2) is 13.4 Å². The van der Waals surface area contributed by atoms with E-state index in [2.05, 4.69) is 10.3 Å². The van der Waals surface area contributed by atoms with Crippen molar-refractivity contribution >= 4 is 32.6 Å². The number of fused-ring (bicyclic) bond motifs is 1. The molecule has 2 aliphatic carbocycles. The first-order chi connectivity index (χ1) is 16.2. The first-order valence-electron chi connectivity index (χ1n) is 12.4. The van der Waals surface area contributed by atoms with Gasteiger partial charge in [-0.1, -0.05) is 44.7 Å². The second-order valence-corrected chi connectivity index (χ2v) is 12.1. The number of carbonyl (C=O) groups is 2. The number of nitrogens with zero attached hydrogens (tertiary/aromatic N) is 1. The summed E-state index contributed by atoms with van der Waals surface area (Å²) in [5.41, 5.74) is 7.64. The molecular weight excluding hydrogens is 454 g/mol. The van der Waals surface area contributed by atoms with Gasteiger partial charge >= 0.3 is 0 Å². The van der Waals surface area contributed by atoms with Crippen LogP contribution in [0.1, 0.15) is 75.4 Å². The molecule has 0 spiro atoms. The molecule has 0 bridgehead atoms. The van der Waals surface area contributed by atoms with Gasteiger partial charge in [0.1, 0.15) is 5.52 Å². The Morgan fingerprint density at radius 3 is 2.44 bits per heavy atom. The molecule has 2 saturated carbocycles. The zero-order valence-electron chi connectivity index (χ0n) is 20.0. The van der Waals surface area contributed by atoms with E-state index in [4.69, 9.17) is 10.2 Å². The fourth-order valence-electron chi connectivity index (χ4n) is 5.62. The molecule has 0 saturated heterocycles. The average Bonchev–Trinajstić information content (AvgIpc) is 3.57. The van der Waals surface area contributed by atoms with Crippen molar-refractivity contribution in [1.29, 1.82) is 0 Å². The standard InChI is InChI=1S/C25H35N3O5S/c1-3-9-19(21(29)23-27-18-12-7-8-13-20(18)33-23)28-24(30)25(34(2,31)32,22(26)16-14-15-16)17-10-5-4-6-11-17/h7-8,12-13,16-17,19,22H,3-6,9-11,14-15,26H2,1-2H3,(H,28,30)/t19?,22?,25-/m1/s1. The summed E-state index contributed by atoms with van der Waals surface area (Å²) < 4.78 is 30.7. The smallest absolute Gasteiger partial charge is 0.266 e. The lowest BCUT2D eigenvalue weighted by atomic mass is 9.74. The molecule has 3 atom stereocenters. The molecule has 2 unspecified atom stereocenters. The Morgan fingerprint density at radius 1 is 1.18 bits per heavy atom. The third-order valence-electron chi connectivity index (χ3n) is 7.51. The second kappa shape index (κ2) is 9.77. The van der Waals surface area contributed by atoms with E-state index in [9.17, 15) is 18.0 Å². The van der Waals surface area contributed by atoms with Crippen molar-refractivity contribution in [2.45, 2.75) is 81.5 Å². The van der Waals surface area contributed by atoms with Crippen LogP contribution in [0.4, 0.5) is 0 Å². The number of hydrogen-bond acceptors (Lipinski definition) is 7. The van der Waals surface area contributed by atoms with Gasteiger partial charge in [0.2, 0.25) is 11.7 Å². The molecule has 34 heavy (non-hydrogen) atoms. The van der Waals surface area contributed by atoms with Gasteiger partial charge in [-0.3, -0.25) is 9.59 Å². The summed E-state index contributed by atoms with van der Waals surface area (Å²) in [6, 6.07) is 5.31. The van der Waals surface area contributed by atoms with Gasteiger partial charge in [0.05, 0.1) is 6.04 Å². The van der Waals surface area contributed by atoms with Crippen LogP contribution in [0.25, 0.3) is 11.1 Å². The van der Waals surface area contributed by atoms with Crippen molar-refractivity contribution in [2.24, 2.45) is 17.6 Å². The van der Waals surface area contributed by atoms with Crippen molar-refractivity contribution in [3.63, 3.8) is 0 Å². The number of rotatable bonds is 10. The lowest BCUT2D eigenvalue weighted by Gasteiger charge is -2.44. The molecule has 0 radical (unpaired) electrons. The SMILES string of the molecule is CCCC(NC(=O)[C@@](C1CCCCC1)(C(N)C1CC1)S(C)(=O)=O)C(=O)c1nc2ccccc2o1. The number of oxazole rings is 1. The summed E-state index contributed by atoms with van der Waals surface area (Å²) in [5.74, 6) is -1.57. The summed E-state index contributed by atoms with van der Waals surface area (Å²) in [6.45, 7) is 1.90. The van der Waals surface area contributed by atoms with Crippen molar-refractivity contribution < 1.29 is 22.4 Å². The summed E-state index contributed by atoms with van der Waals surface area (Å²) in [4.78, 5) is 31.6. The van der Waals surface area contributed by atoms with Crippen LogP contribution in [0.5, 0.6) is 0 Å². The molecule has 0 aliphatic heterocycles. The van der Waals surface area contributed by atoms with E-state index in [1.165, 1.54) is 0 Å². The van der Waals surface area contributed by atoms with Gasteiger partial charge in [0.15, 0.2) is 20.2 Å². The predicted octanol–water partition coefficient (Wildman–Crippen LogP) is 3.40. The molecule has 1 aromatic carbocycles. The Morgan fingerprint density at radius 2 is 1.85 bits per heavy atom. The molecule has 186 valence electrons. The molecule has 8 nitrogen and oxygen atoms in total. The highest BCUT2D eigenvalue weighted by atomic mass is 32.2. The normalized spacial score (nSPS) is 21.0. The molecule has 2 aliphatic rings. The number of nitrogens with one attached hydrogen (secondary N) is 1. The number of ketones is 1. The fraction of sp³-hybridized carbons (Fsp3) is 0.640. The number of amides is 1. The van der Waals surface area contributed by atoms with Crippen LogP contribution in [0.15, 0.2) is 28.7 Å². The number of aromatic nitrogens is 1. The highest BCUT2D eigenvalue weighted by molar-refractivity contribution is 7.93. The zero-order valence-corrected chi connectivity index (χ0v) is 20.8. The third-order valence-corrected chi connectivity index (χ3v) is 9.53. The molecular formula is C25H35N3O5S. The highest BCUT2D eigenvalue weighted by Crippen LogP contribution is 2.46. The van der Waals surface area contributed by atoms with Crippen LogP contribution in [-0.4, -0.2) is 48.2 Å². The molecule has 9 heteroatoms. The number of nitrogens with two attached hydrogens (primary N) is 1. The summed E-state index contributed by atoms with van der Waals surface area (Å²) in [6.07, 6.45) is 7.74. The predicted molar refractivity (Wildman–Crippen MR) is 130 cm³/mol. The number of hydrogen-bond donors (Lipinski definition) is 2. The summed E-state index contributed by atoms with van der Waals surface area (Å²) in [7, 11) is -3.89. The maximum atomic E-state index is 14.0. The number of Topliss-reactive ketones (excluding diaryl/α,β-unsaturated/α-hetero) is 1. The monoisotopic (exact) mass is 489 g/mol. The highest BCUT2D eigenvalue weighted by Gasteiger charge is 2.61. The van der Waals surface area contributed by atoms with E-state index in [1.807, 2.05) is 6.92 Å². The van der Waals surface area contributed by atoms with E-state index in [0.717, 1.165) is 38.4 Å². The molecule has 2 aromatic rings. The van der Waals surface area contributed by atoms with Gasteiger partial charge in [-0.15, -0.1) is 0 Å². The molecule has 3 N–H and O–H groups in total. The first-order valence-corrected chi connectivity index (χ1v) is 14.2. The first kappa shape index (κ1) is 24.9. The zero-order chi connectivity index (χ0) is 24.5. The molecule has 1 heterocycles. The van der Waals surface area contributed by atoms with E-state index in [-0.39, 0.29) is 17.7 Å². The van der Waals surface area contributed by atoms with Crippen molar-refractivity contribution in [3.05, 3.63) is 30.2 Å². The lowest BCUT2D eigenvalue weighted by molar-refractivity contribution is -0.127. The van der Waals surface area contributed by atoms with Crippen LogP contribution in [-0.2, 0) is 14.6 Å². The number of benzene rings is 1. The summed E-state index contributed by atoms with van der Waals surface area (Å²) >= 11 is 0. The van der Waals surface area contributed by atoms with Gasteiger partial charge in [-0.05, 0) is 56.1 Å². The minimum atomic E-state index is -3.89. The number of para-hydroxylation sites is 2. The Hall–Kier alpha value is -2.26. The number of sulfone groups is 1. The van der Waals surface area contributed by atoms with Gasteiger partial charge in [0.25, 0.3) is 5.89 Å². The van der Waals surface area contributed by atoms with Crippen molar-refractivity contribution in [1.82, 2.24) is 10.3 Å². The van der Waals surface area contributed by atoms with Gasteiger partial charge in [0, 0.05) is 12.3 Å². The Balaban J connectivity index is 1.69. The van der Waals surface area contributed by atoms with Gasteiger partial charge in [-0.2, -0.15) is 0 Å². The van der Waals surface area contributed by atoms with Crippen LogP contribution in [0.2, 0.25) is 0 Å². The minimum absolute atomic E-state index is 0.000215. The largest absolute Gasteiger partial charge is 0.434 e.